The van der Waals surface area contributed by atoms with Gasteiger partial charge in [0.15, 0.2) is 5.78 Å². The molecule has 0 spiro atoms. The number of aromatic amines is 1. The fourth-order valence-electron chi connectivity index (χ4n) is 2.43. The van der Waals surface area contributed by atoms with Gasteiger partial charge in [-0.2, -0.15) is 0 Å². The maximum Gasteiger partial charge on any atom is 0.240 e. The van der Waals surface area contributed by atoms with Gasteiger partial charge in [0.1, 0.15) is 0 Å². The van der Waals surface area contributed by atoms with Crippen molar-refractivity contribution < 1.29 is 13.2 Å². The zero-order chi connectivity index (χ0) is 17.2. The number of aromatic nitrogens is 2. The van der Waals surface area contributed by atoms with E-state index in [9.17, 15) is 13.2 Å². The fraction of sp³-hybridized carbons (Fsp3) is 0.176. The van der Waals surface area contributed by atoms with Crippen LogP contribution in [0.4, 0.5) is 0 Å². The monoisotopic (exact) mass is 343 g/mol. The first-order chi connectivity index (χ1) is 11.5. The second-order valence-corrected chi connectivity index (χ2v) is 7.25. The summed E-state index contributed by atoms with van der Waals surface area (Å²) in [6.45, 7) is 1.68. The number of nitrogens with zero attached hydrogens (tertiary/aromatic N) is 1. The zero-order valence-electron chi connectivity index (χ0n) is 13.1. The Kier molecular flexibility index (Phi) is 4.46. The number of hydrogen-bond acceptors (Lipinski definition) is 4. The largest absolute Gasteiger partial charge is 0.345 e. The number of carbonyl (C=O) groups is 1. The van der Waals surface area contributed by atoms with Gasteiger partial charge in [-0.15, -0.1) is 0 Å². The van der Waals surface area contributed by atoms with Crippen LogP contribution in [0.1, 0.15) is 22.8 Å². The van der Waals surface area contributed by atoms with Gasteiger partial charge in [-0.25, -0.2) is 18.1 Å². The minimum absolute atomic E-state index is 0.0965. The Hall–Kier alpha value is -2.51. The third-order valence-corrected chi connectivity index (χ3v) is 5.20. The lowest BCUT2D eigenvalue weighted by Crippen LogP contribution is -2.26. The van der Waals surface area contributed by atoms with E-state index < -0.39 is 10.0 Å². The van der Waals surface area contributed by atoms with Crippen LogP contribution in [0, 0.1) is 0 Å². The van der Waals surface area contributed by atoms with Gasteiger partial charge in [0.05, 0.1) is 22.3 Å². The number of H-pyrrole nitrogens is 1. The molecule has 0 aliphatic heterocycles. The smallest absolute Gasteiger partial charge is 0.240 e. The summed E-state index contributed by atoms with van der Waals surface area (Å²) in [5.74, 6) is -0.167. The van der Waals surface area contributed by atoms with Gasteiger partial charge in [0.25, 0.3) is 0 Å². The number of carbonyl (C=O) groups excluding carboxylic acids is 1. The topological polar surface area (TPSA) is 91.9 Å². The molecule has 0 aliphatic carbocycles. The van der Waals surface area contributed by atoms with Gasteiger partial charge in [-0.05, 0) is 43.2 Å². The highest BCUT2D eigenvalue weighted by molar-refractivity contribution is 7.89. The molecule has 0 saturated carbocycles. The summed E-state index contributed by atoms with van der Waals surface area (Å²) in [5, 5.41) is 0. The van der Waals surface area contributed by atoms with E-state index in [4.69, 9.17) is 0 Å². The SMILES string of the molecule is CC(=O)c1cccc(S(=O)(=O)NCCc2ccc3nc[nH]c3c2)c1. The Morgan fingerprint density at radius 2 is 2.04 bits per heavy atom. The summed E-state index contributed by atoms with van der Waals surface area (Å²) in [7, 11) is -3.64. The fourth-order valence-corrected chi connectivity index (χ4v) is 3.51. The molecule has 1 aromatic heterocycles. The molecular formula is C17H17N3O3S. The quantitative estimate of drug-likeness (QED) is 0.672. The molecule has 0 saturated heterocycles. The Balaban J connectivity index is 1.68. The predicted molar refractivity (Wildman–Crippen MR) is 91.4 cm³/mol. The van der Waals surface area contributed by atoms with Crippen LogP contribution in [-0.4, -0.2) is 30.7 Å². The molecule has 6 nitrogen and oxygen atoms in total. The number of imidazole rings is 1. The summed E-state index contributed by atoms with van der Waals surface area (Å²) in [6.07, 6.45) is 2.18. The molecule has 0 fully saturated rings. The highest BCUT2D eigenvalue weighted by Gasteiger charge is 2.14. The van der Waals surface area contributed by atoms with Gasteiger partial charge >= 0.3 is 0 Å². The van der Waals surface area contributed by atoms with Crippen molar-refractivity contribution in [3.63, 3.8) is 0 Å². The summed E-state index contributed by atoms with van der Waals surface area (Å²) in [4.78, 5) is 18.7. The highest BCUT2D eigenvalue weighted by Crippen LogP contribution is 2.14. The van der Waals surface area contributed by atoms with Gasteiger partial charge in [-0.1, -0.05) is 18.2 Å². The van der Waals surface area contributed by atoms with Crippen LogP contribution >= 0.6 is 0 Å². The molecule has 24 heavy (non-hydrogen) atoms. The number of hydrogen-bond donors (Lipinski definition) is 2. The van der Waals surface area contributed by atoms with Crippen molar-refractivity contribution in [2.75, 3.05) is 6.54 Å². The number of nitrogens with one attached hydrogen (secondary N) is 2. The van der Waals surface area contributed by atoms with Crippen molar-refractivity contribution in [2.24, 2.45) is 0 Å². The molecule has 0 atom stereocenters. The standard InChI is InChI=1S/C17H17N3O3S/c1-12(21)14-3-2-4-15(10-14)24(22,23)20-8-7-13-5-6-16-17(9-13)19-11-18-16/h2-6,9-11,20H,7-8H2,1H3,(H,18,19). The molecule has 2 N–H and O–H groups in total. The lowest BCUT2D eigenvalue weighted by atomic mass is 10.1. The molecule has 3 aromatic rings. The average molecular weight is 343 g/mol. The molecule has 3 rings (SSSR count). The first-order valence-electron chi connectivity index (χ1n) is 7.48. The molecule has 0 amide bonds. The highest BCUT2D eigenvalue weighted by atomic mass is 32.2. The molecule has 0 radical (unpaired) electrons. The lowest BCUT2D eigenvalue weighted by Gasteiger charge is -2.08. The van der Waals surface area contributed by atoms with Gasteiger partial charge in [0, 0.05) is 12.1 Å². The molecule has 2 aromatic carbocycles. The van der Waals surface area contributed by atoms with E-state index in [-0.39, 0.29) is 17.2 Å². The van der Waals surface area contributed by atoms with E-state index in [0.29, 0.717) is 12.0 Å². The second-order valence-electron chi connectivity index (χ2n) is 5.49. The zero-order valence-corrected chi connectivity index (χ0v) is 13.9. The maximum atomic E-state index is 12.3. The van der Waals surface area contributed by atoms with Crippen LogP contribution in [0.25, 0.3) is 11.0 Å². The Morgan fingerprint density at radius 1 is 1.21 bits per heavy atom. The van der Waals surface area contributed by atoms with Crippen LogP contribution in [0.15, 0.2) is 53.7 Å². The number of sulfonamides is 1. The van der Waals surface area contributed by atoms with E-state index in [1.807, 2.05) is 18.2 Å². The molecule has 124 valence electrons. The van der Waals surface area contributed by atoms with E-state index in [1.165, 1.54) is 19.1 Å². The van der Waals surface area contributed by atoms with E-state index >= 15 is 0 Å². The third-order valence-electron chi connectivity index (χ3n) is 3.74. The van der Waals surface area contributed by atoms with Crippen molar-refractivity contribution in [1.82, 2.24) is 14.7 Å². The number of benzene rings is 2. The van der Waals surface area contributed by atoms with Gasteiger partial charge in [-0.3, -0.25) is 4.79 Å². The molecule has 1 heterocycles. The lowest BCUT2D eigenvalue weighted by molar-refractivity contribution is 0.101. The summed E-state index contributed by atoms with van der Waals surface area (Å²) in [5.41, 5.74) is 3.18. The maximum absolute atomic E-state index is 12.3. The predicted octanol–water partition coefficient (Wildman–Crippen LogP) is 2.29. The summed E-state index contributed by atoms with van der Waals surface area (Å²) >= 11 is 0. The van der Waals surface area contributed by atoms with Crippen LogP contribution < -0.4 is 4.72 Å². The van der Waals surface area contributed by atoms with Crippen molar-refractivity contribution in [1.29, 1.82) is 0 Å². The Bertz CT molecular complexity index is 993. The van der Waals surface area contributed by atoms with E-state index in [2.05, 4.69) is 14.7 Å². The molecule has 0 bridgehead atoms. The first kappa shape index (κ1) is 16.4. The van der Waals surface area contributed by atoms with Crippen LogP contribution in [0.3, 0.4) is 0 Å². The van der Waals surface area contributed by atoms with E-state index in [1.54, 1.807) is 18.5 Å². The first-order valence-corrected chi connectivity index (χ1v) is 8.97. The van der Waals surface area contributed by atoms with E-state index in [0.717, 1.165) is 16.6 Å². The number of rotatable bonds is 6. The average Bonchev–Trinajstić information content (AvgIpc) is 3.02. The molecule has 0 unspecified atom stereocenters. The summed E-state index contributed by atoms with van der Waals surface area (Å²) < 4.78 is 27.2. The summed E-state index contributed by atoms with van der Waals surface area (Å²) in [6, 6.07) is 11.8. The minimum Gasteiger partial charge on any atom is -0.345 e. The van der Waals surface area contributed by atoms with Crippen LogP contribution in [-0.2, 0) is 16.4 Å². The van der Waals surface area contributed by atoms with Crippen LogP contribution in [0.5, 0.6) is 0 Å². The van der Waals surface area contributed by atoms with Crippen molar-refractivity contribution in [3.05, 3.63) is 59.9 Å². The molecule has 0 aliphatic rings. The van der Waals surface area contributed by atoms with Gasteiger partial charge in [0.2, 0.25) is 10.0 Å². The van der Waals surface area contributed by atoms with Crippen LogP contribution in [0.2, 0.25) is 0 Å². The van der Waals surface area contributed by atoms with Crippen molar-refractivity contribution >= 4 is 26.8 Å². The number of ketones is 1. The number of Topliss-reactive ketones (excluding diaryl/α,β-unsaturated/α-hetero) is 1. The van der Waals surface area contributed by atoms with Gasteiger partial charge < -0.3 is 4.98 Å². The van der Waals surface area contributed by atoms with Crippen molar-refractivity contribution in [2.45, 2.75) is 18.2 Å². The normalized spacial score (nSPS) is 11.7. The molecule has 7 heteroatoms. The number of fused-ring (bicyclic) bond motifs is 1. The second kappa shape index (κ2) is 6.54. The minimum atomic E-state index is -3.64. The Morgan fingerprint density at radius 3 is 2.83 bits per heavy atom. The van der Waals surface area contributed by atoms with Crippen molar-refractivity contribution in [3.8, 4) is 0 Å². The Labute approximate surface area is 140 Å². The third kappa shape index (κ3) is 3.52. The molecular weight excluding hydrogens is 326 g/mol.